The molecule has 0 aromatic heterocycles. The summed E-state index contributed by atoms with van der Waals surface area (Å²) in [6.07, 6.45) is 2.68. The maximum Gasteiger partial charge on any atom is 0.204 e. The third kappa shape index (κ3) is 3.26. The standard InChI is InChI=1S/C19H20N2O4/c1-11(23)10-21-15-9-16(24)18(20-6-7-22)17-14(15)8-12-4-2-3-5-13(12)19(17)25/h2-5,8-9,11,20-23H,6-7,10H2,1H3. The van der Waals surface area contributed by atoms with Crippen LogP contribution in [0.25, 0.3) is 6.08 Å². The summed E-state index contributed by atoms with van der Waals surface area (Å²) in [5.41, 5.74) is 2.94. The van der Waals surface area contributed by atoms with Gasteiger partial charge in [0.05, 0.1) is 24.0 Å². The van der Waals surface area contributed by atoms with Crippen LogP contribution < -0.4 is 10.6 Å². The smallest absolute Gasteiger partial charge is 0.204 e. The van der Waals surface area contributed by atoms with Crippen LogP contribution >= 0.6 is 0 Å². The van der Waals surface area contributed by atoms with E-state index in [0.29, 0.717) is 22.4 Å². The fourth-order valence-corrected chi connectivity index (χ4v) is 2.94. The lowest BCUT2D eigenvalue weighted by molar-refractivity contribution is -0.111. The molecule has 1 aromatic carbocycles. The zero-order chi connectivity index (χ0) is 18.0. The van der Waals surface area contributed by atoms with Crippen LogP contribution in [0.3, 0.4) is 0 Å². The normalized spacial score (nSPS) is 17.4. The molecule has 0 amide bonds. The summed E-state index contributed by atoms with van der Waals surface area (Å²) >= 11 is 0. The molecule has 1 aromatic rings. The molecule has 0 radical (unpaired) electrons. The van der Waals surface area contributed by atoms with E-state index in [2.05, 4.69) is 10.6 Å². The molecule has 2 aliphatic carbocycles. The van der Waals surface area contributed by atoms with Gasteiger partial charge in [0, 0.05) is 36.0 Å². The van der Waals surface area contributed by atoms with Crippen LogP contribution in [0.4, 0.5) is 0 Å². The summed E-state index contributed by atoms with van der Waals surface area (Å²) in [5.74, 6) is -0.562. The number of carbonyl (C=O) groups excluding carboxylic acids is 2. The van der Waals surface area contributed by atoms with E-state index in [-0.39, 0.29) is 37.0 Å². The SMILES string of the molecule is CC(O)CNC1=CC(=O)C(NCCO)=C2C(=O)c3ccccc3C=C12. The molecule has 2 aliphatic rings. The number of Topliss-reactive ketones (excluding diaryl/α,β-unsaturated/α-hetero) is 1. The highest BCUT2D eigenvalue weighted by atomic mass is 16.3. The Bertz CT molecular complexity index is 818. The minimum atomic E-state index is -0.593. The van der Waals surface area contributed by atoms with Gasteiger partial charge in [0.1, 0.15) is 0 Å². The monoisotopic (exact) mass is 340 g/mol. The summed E-state index contributed by atoms with van der Waals surface area (Å²) in [6.45, 7) is 1.93. The number of aliphatic hydroxyl groups excluding tert-OH is 2. The van der Waals surface area contributed by atoms with Crippen LogP contribution in [0.5, 0.6) is 0 Å². The Hall–Kier alpha value is -2.70. The lowest BCUT2D eigenvalue weighted by Crippen LogP contribution is -2.35. The summed E-state index contributed by atoms with van der Waals surface area (Å²) < 4.78 is 0. The Kier molecular flexibility index (Phi) is 4.83. The molecule has 1 atom stereocenters. The van der Waals surface area contributed by atoms with Gasteiger partial charge >= 0.3 is 0 Å². The Balaban J connectivity index is 2.11. The van der Waals surface area contributed by atoms with E-state index in [1.165, 1.54) is 6.08 Å². The van der Waals surface area contributed by atoms with Gasteiger partial charge in [-0.25, -0.2) is 0 Å². The van der Waals surface area contributed by atoms with Gasteiger partial charge in [-0.1, -0.05) is 24.3 Å². The second kappa shape index (κ2) is 7.04. The zero-order valence-electron chi connectivity index (χ0n) is 13.9. The number of nitrogens with one attached hydrogen (secondary N) is 2. The molecule has 4 N–H and O–H groups in total. The first-order valence-corrected chi connectivity index (χ1v) is 8.16. The van der Waals surface area contributed by atoms with E-state index in [1.54, 1.807) is 19.1 Å². The third-order valence-electron chi connectivity index (χ3n) is 4.07. The van der Waals surface area contributed by atoms with Crippen LogP contribution in [-0.2, 0) is 4.79 Å². The Morgan fingerprint density at radius 1 is 1.12 bits per heavy atom. The number of fused-ring (bicyclic) bond motifs is 2. The molecule has 3 rings (SSSR count). The van der Waals surface area contributed by atoms with Crippen molar-refractivity contribution in [3.05, 3.63) is 64.0 Å². The Morgan fingerprint density at radius 3 is 2.60 bits per heavy atom. The number of benzene rings is 1. The van der Waals surface area contributed by atoms with Crippen molar-refractivity contribution in [1.82, 2.24) is 10.6 Å². The average molecular weight is 340 g/mol. The molecule has 130 valence electrons. The molecule has 0 heterocycles. The second-order valence-corrected chi connectivity index (χ2v) is 6.03. The zero-order valence-corrected chi connectivity index (χ0v) is 13.9. The van der Waals surface area contributed by atoms with Gasteiger partial charge in [-0.15, -0.1) is 0 Å². The van der Waals surface area contributed by atoms with Crippen molar-refractivity contribution in [1.29, 1.82) is 0 Å². The molecule has 6 heteroatoms. The maximum atomic E-state index is 13.0. The van der Waals surface area contributed by atoms with Gasteiger partial charge in [-0.05, 0) is 18.6 Å². The van der Waals surface area contributed by atoms with E-state index in [4.69, 9.17) is 5.11 Å². The molecule has 6 nitrogen and oxygen atoms in total. The maximum absolute atomic E-state index is 13.0. The predicted octanol–water partition coefficient (Wildman–Crippen LogP) is 0.539. The highest BCUT2D eigenvalue weighted by Crippen LogP contribution is 2.35. The van der Waals surface area contributed by atoms with E-state index in [0.717, 1.165) is 5.56 Å². The first-order valence-electron chi connectivity index (χ1n) is 8.16. The molecule has 0 saturated heterocycles. The average Bonchev–Trinajstić information content (AvgIpc) is 2.59. The third-order valence-corrected chi connectivity index (χ3v) is 4.07. The summed E-state index contributed by atoms with van der Waals surface area (Å²) in [7, 11) is 0. The van der Waals surface area contributed by atoms with Crippen molar-refractivity contribution in [2.24, 2.45) is 0 Å². The second-order valence-electron chi connectivity index (χ2n) is 6.03. The van der Waals surface area contributed by atoms with Crippen LogP contribution in [0.2, 0.25) is 0 Å². The molecule has 1 unspecified atom stereocenters. The molecule has 0 saturated carbocycles. The first kappa shape index (κ1) is 17.1. The highest BCUT2D eigenvalue weighted by molar-refractivity contribution is 6.24. The van der Waals surface area contributed by atoms with E-state index < -0.39 is 6.10 Å². The first-order chi connectivity index (χ1) is 12.0. The quantitative estimate of drug-likeness (QED) is 0.603. The summed E-state index contributed by atoms with van der Waals surface area (Å²) in [4.78, 5) is 25.5. The van der Waals surface area contributed by atoms with Gasteiger partial charge in [0.25, 0.3) is 0 Å². The van der Waals surface area contributed by atoms with Crippen LogP contribution in [0, 0.1) is 0 Å². The van der Waals surface area contributed by atoms with Crippen molar-refractivity contribution in [2.45, 2.75) is 13.0 Å². The van der Waals surface area contributed by atoms with Crippen LogP contribution in [0.15, 0.2) is 52.9 Å². The van der Waals surface area contributed by atoms with Gasteiger partial charge in [-0.2, -0.15) is 0 Å². The topological polar surface area (TPSA) is 98.7 Å². The molecule has 0 aliphatic heterocycles. The van der Waals surface area contributed by atoms with Gasteiger partial charge in [-0.3, -0.25) is 9.59 Å². The minimum Gasteiger partial charge on any atom is -0.395 e. The molecular formula is C19H20N2O4. The highest BCUT2D eigenvalue weighted by Gasteiger charge is 2.34. The number of ketones is 2. The largest absolute Gasteiger partial charge is 0.395 e. The van der Waals surface area contributed by atoms with Crippen molar-refractivity contribution < 1.29 is 19.8 Å². The number of hydrogen-bond donors (Lipinski definition) is 4. The minimum absolute atomic E-state index is 0.148. The molecule has 25 heavy (non-hydrogen) atoms. The summed E-state index contributed by atoms with van der Waals surface area (Å²) in [5, 5.41) is 24.5. The van der Waals surface area contributed by atoms with E-state index in [9.17, 15) is 14.7 Å². The van der Waals surface area contributed by atoms with Crippen LogP contribution in [0.1, 0.15) is 22.8 Å². The van der Waals surface area contributed by atoms with Crippen molar-refractivity contribution in [2.75, 3.05) is 19.7 Å². The van der Waals surface area contributed by atoms with Crippen molar-refractivity contribution >= 4 is 17.6 Å². The number of carbonyl (C=O) groups is 2. The molecule has 0 spiro atoms. The molecule has 0 fully saturated rings. The number of allylic oxidation sites excluding steroid dienone is 2. The fourth-order valence-electron chi connectivity index (χ4n) is 2.94. The van der Waals surface area contributed by atoms with Gasteiger partial charge < -0.3 is 20.8 Å². The van der Waals surface area contributed by atoms with Gasteiger partial charge in [0.15, 0.2) is 5.78 Å². The van der Waals surface area contributed by atoms with Crippen LogP contribution in [-0.4, -0.2) is 47.6 Å². The molecular weight excluding hydrogens is 320 g/mol. The van der Waals surface area contributed by atoms with Gasteiger partial charge in [0.2, 0.25) is 5.78 Å². The van der Waals surface area contributed by atoms with Crippen molar-refractivity contribution in [3.63, 3.8) is 0 Å². The fraction of sp³-hybridized carbons (Fsp3) is 0.263. The number of hydrogen-bond acceptors (Lipinski definition) is 6. The lowest BCUT2D eigenvalue weighted by Gasteiger charge is -2.27. The predicted molar refractivity (Wildman–Crippen MR) is 93.6 cm³/mol. The Labute approximate surface area is 145 Å². The molecule has 0 bridgehead atoms. The number of rotatable bonds is 6. The van der Waals surface area contributed by atoms with Crippen molar-refractivity contribution in [3.8, 4) is 0 Å². The number of aliphatic hydroxyl groups is 2. The summed E-state index contributed by atoms with van der Waals surface area (Å²) in [6, 6.07) is 7.21. The van der Waals surface area contributed by atoms with E-state index in [1.807, 2.05) is 18.2 Å². The Morgan fingerprint density at radius 2 is 1.88 bits per heavy atom. The lowest BCUT2D eigenvalue weighted by atomic mass is 9.81. The van der Waals surface area contributed by atoms with E-state index >= 15 is 0 Å².